The van der Waals surface area contributed by atoms with E-state index in [0.29, 0.717) is 13.0 Å². The van der Waals surface area contributed by atoms with Crippen LogP contribution in [0.1, 0.15) is 44.2 Å². The second-order valence-corrected chi connectivity index (χ2v) is 5.46. The van der Waals surface area contributed by atoms with Crippen molar-refractivity contribution in [3.63, 3.8) is 0 Å². The highest BCUT2D eigenvalue weighted by molar-refractivity contribution is 5.77. The molecule has 1 fully saturated rings. The van der Waals surface area contributed by atoms with Gasteiger partial charge in [0, 0.05) is 12.6 Å². The molecular formula is C17H25NO3. The fourth-order valence-electron chi connectivity index (χ4n) is 3.14. The van der Waals surface area contributed by atoms with Gasteiger partial charge in [-0.2, -0.15) is 0 Å². The highest BCUT2D eigenvalue weighted by Gasteiger charge is 2.34. The van der Waals surface area contributed by atoms with Gasteiger partial charge in [-0.1, -0.05) is 36.8 Å². The second-order valence-electron chi connectivity index (χ2n) is 5.46. The van der Waals surface area contributed by atoms with Gasteiger partial charge in [0.05, 0.1) is 6.61 Å². The fourth-order valence-corrected chi connectivity index (χ4v) is 3.14. The van der Waals surface area contributed by atoms with Crippen LogP contribution in [0.5, 0.6) is 0 Å². The SMILES string of the molecule is CCOC(=O)C(c1ccccc1)N1CCCCC1CCO. The topological polar surface area (TPSA) is 49.8 Å². The maximum absolute atomic E-state index is 12.5. The van der Waals surface area contributed by atoms with E-state index in [1.807, 2.05) is 37.3 Å². The average molecular weight is 291 g/mol. The van der Waals surface area contributed by atoms with E-state index in [-0.39, 0.29) is 24.7 Å². The van der Waals surface area contributed by atoms with Crippen LogP contribution >= 0.6 is 0 Å². The number of esters is 1. The summed E-state index contributed by atoms with van der Waals surface area (Å²) in [5.74, 6) is -0.187. The number of rotatable bonds is 6. The molecule has 1 aromatic carbocycles. The number of hydrogen-bond donors (Lipinski definition) is 1. The Hall–Kier alpha value is -1.39. The van der Waals surface area contributed by atoms with Crippen LogP contribution < -0.4 is 0 Å². The minimum atomic E-state index is -0.358. The summed E-state index contributed by atoms with van der Waals surface area (Å²) < 4.78 is 5.30. The van der Waals surface area contributed by atoms with Crippen molar-refractivity contribution < 1.29 is 14.6 Å². The van der Waals surface area contributed by atoms with Gasteiger partial charge in [-0.3, -0.25) is 4.90 Å². The molecule has 116 valence electrons. The molecule has 0 aliphatic carbocycles. The maximum atomic E-state index is 12.5. The fraction of sp³-hybridized carbons (Fsp3) is 0.588. The molecule has 2 atom stereocenters. The zero-order valence-corrected chi connectivity index (χ0v) is 12.7. The largest absolute Gasteiger partial charge is 0.465 e. The molecule has 0 aromatic heterocycles. The number of aliphatic hydroxyl groups excluding tert-OH is 1. The number of benzene rings is 1. The Bertz CT molecular complexity index is 433. The number of likely N-dealkylation sites (tertiary alicyclic amines) is 1. The van der Waals surface area contributed by atoms with Gasteiger partial charge in [0.1, 0.15) is 6.04 Å². The van der Waals surface area contributed by atoms with E-state index in [0.717, 1.165) is 31.4 Å². The number of aliphatic hydroxyl groups is 1. The van der Waals surface area contributed by atoms with Crippen LogP contribution in [-0.2, 0) is 9.53 Å². The lowest BCUT2D eigenvalue weighted by Crippen LogP contribution is -2.45. The monoisotopic (exact) mass is 291 g/mol. The third-order valence-electron chi connectivity index (χ3n) is 4.09. The molecule has 21 heavy (non-hydrogen) atoms. The van der Waals surface area contributed by atoms with Crippen LogP contribution in [0.25, 0.3) is 0 Å². The van der Waals surface area contributed by atoms with E-state index in [1.54, 1.807) is 0 Å². The zero-order valence-electron chi connectivity index (χ0n) is 12.7. The van der Waals surface area contributed by atoms with Crippen LogP contribution in [0, 0.1) is 0 Å². The van der Waals surface area contributed by atoms with Crippen molar-refractivity contribution in [2.45, 2.75) is 44.7 Å². The van der Waals surface area contributed by atoms with E-state index in [9.17, 15) is 9.90 Å². The molecule has 1 saturated heterocycles. The van der Waals surface area contributed by atoms with Crippen LogP contribution in [-0.4, -0.2) is 41.8 Å². The molecule has 0 bridgehead atoms. The van der Waals surface area contributed by atoms with Gasteiger partial charge in [-0.15, -0.1) is 0 Å². The Labute approximate surface area is 126 Å². The lowest BCUT2D eigenvalue weighted by Gasteiger charge is -2.40. The Balaban J connectivity index is 2.26. The van der Waals surface area contributed by atoms with Gasteiger partial charge < -0.3 is 9.84 Å². The molecule has 1 N–H and O–H groups in total. The summed E-state index contributed by atoms with van der Waals surface area (Å²) >= 11 is 0. The molecule has 0 spiro atoms. The Morgan fingerprint density at radius 3 is 2.81 bits per heavy atom. The van der Waals surface area contributed by atoms with Crippen molar-refractivity contribution in [1.82, 2.24) is 4.90 Å². The molecule has 1 heterocycles. The number of nitrogens with zero attached hydrogens (tertiary/aromatic N) is 1. The number of carbonyl (C=O) groups is 1. The van der Waals surface area contributed by atoms with Crippen molar-refractivity contribution in [3.05, 3.63) is 35.9 Å². The first kappa shape index (κ1) is 16.0. The van der Waals surface area contributed by atoms with E-state index >= 15 is 0 Å². The normalized spacial score (nSPS) is 21.0. The van der Waals surface area contributed by atoms with E-state index in [2.05, 4.69) is 4.90 Å². The number of piperidine rings is 1. The van der Waals surface area contributed by atoms with Crippen molar-refractivity contribution in [2.75, 3.05) is 19.8 Å². The molecule has 1 aliphatic heterocycles. The summed E-state index contributed by atoms with van der Waals surface area (Å²) in [6, 6.07) is 9.70. The summed E-state index contributed by atoms with van der Waals surface area (Å²) in [6.07, 6.45) is 3.99. The highest BCUT2D eigenvalue weighted by atomic mass is 16.5. The van der Waals surface area contributed by atoms with Crippen LogP contribution in [0.15, 0.2) is 30.3 Å². The van der Waals surface area contributed by atoms with Gasteiger partial charge in [-0.25, -0.2) is 4.79 Å². The van der Waals surface area contributed by atoms with Crippen molar-refractivity contribution >= 4 is 5.97 Å². The Kier molecular flexibility index (Phi) is 6.21. The van der Waals surface area contributed by atoms with Crippen LogP contribution in [0.4, 0.5) is 0 Å². The molecule has 2 unspecified atom stereocenters. The quantitative estimate of drug-likeness (QED) is 0.818. The molecule has 1 aromatic rings. The maximum Gasteiger partial charge on any atom is 0.328 e. The Morgan fingerprint density at radius 2 is 2.14 bits per heavy atom. The van der Waals surface area contributed by atoms with Crippen LogP contribution in [0.3, 0.4) is 0 Å². The highest BCUT2D eigenvalue weighted by Crippen LogP contribution is 2.31. The van der Waals surface area contributed by atoms with Gasteiger partial charge in [0.25, 0.3) is 0 Å². The summed E-state index contributed by atoms with van der Waals surface area (Å²) in [5, 5.41) is 9.29. The lowest BCUT2D eigenvalue weighted by atomic mass is 9.94. The minimum Gasteiger partial charge on any atom is -0.465 e. The number of ether oxygens (including phenoxy) is 1. The smallest absolute Gasteiger partial charge is 0.328 e. The first-order chi connectivity index (χ1) is 10.3. The molecular weight excluding hydrogens is 266 g/mol. The minimum absolute atomic E-state index is 0.158. The molecule has 0 amide bonds. The van der Waals surface area contributed by atoms with Gasteiger partial charge >= 0.3 is 5.97 Å². The third-order valence-corrected chi connectivity index (χ3v) is 4.09. The molecule has 4 nitrogen and oxygen atoms in total. The molecule has 1 aliphatic rings. The third kappa shape index (κ3) is 4.05. The van der Waals surface area contributed by atoms with E-state index < -0.39 is 0 Å². The van der Waals surface area contributed by atoms with Gasteiger partial charge in [0.2, 0.25) is 0 Å². The van der Waals surface area contributed by atoms with Crippen molar-refractivity contribution in [2.24, 2.45) is 0 Å². The predicted molar refractivity (Wildman–Crippen MR) is 81.9 cm³/mol. The zero-order chi connectivity index (χ0) is 15.1. The molecule has 0 saturated carbocycles. The van der Waals surface area contributed by atoms with Gasteiger partial charge in [-0.05, 0) is 38.3 Å². The predicted octanol–water partition coefficient (Wildman–Crippen LogP) is 2.53. The number of hydrogen-bond acceptors (Lipinski definition) is 4. The standard InChI is InChI=1S/C17H25NO3/c1-2-21-17(20)16(14-8-4-3-5-9-14)18-12-7-6-10-15(18)11-13-19/h3-5,8-9,15-16,19H,2,6-7,10-13H2,1H3. The second kappa shape index (κ2) is 8.15. The van der Waals surface area contributed by atoms with Crippen molar-refractivity contribution in [3.8, 4) is 0 Å². The summed E-state index contributed by atoms with van der Waals surface area (Å²) in [4.78, 5) is 14.7. The van der Waals surface area contributed by atoms with Crippen molar-refractivity contribution in [1.29, 1.82) is 0 Å². The molecule has 2 rings (SSSR count). The molecule has 4 heteroatoms. The van der Waals surface area contributed by atoms with Gasteiger partial charge in [0.15, 0.2) is 0 Å². The Morgan fingerprint density at radius 1 is 1.38 bits per heavy atom. The average Bonchev–Trinajstić information content (AvgIpc) is 2.51. The first-order valence-electron chi connectivity index (χ1n) is 7.86. The summed E-state index contributed by atoms with van der Waals surface area (Å²) in [6.45, 7) is 3.26. The van der Waals surface area contributed by atoms with E-state index in [4.69, 9.17) is 4.74 Å². The summed E-state index contributed by atoms with van der Waals surface area (Å²) in [5.41, 5.74) is 0.973. The number of carbonyl (C=O) groups excluding carboxylic acids is 1. The van der Waals surface area contributed by atoms with E-state index in [1.165, 1.54) is 0 Å². The molecule has 0 radical (unpaired) electrons. The van der Waals surface area contributed by atoms with Crippen LogP contribution in [0.2, 0.25) is 0 Å². The first-order valence-corrected chi connectivity index (χ1v) is 7.86. The lowest BCUT2D eigenvalue weighted by molar-refractivity contribution is -0.152. The summed E-state index contributed by atoms with van der Waals surface area (Å²) in [7, 11) is 0.